The van der Waals surface area contributed by atoms with Crippen molar-refractivity contribution in [2.45, 2.75) is 0 Å². The zero-order chi connectivity index (χ0) is 16.5. The molecule has 2 nitrogen and oxygen atoms in total. The topological polar surface area (TPSA) is 25.8 Å². The second kappa shape index (κ2) is 5.81. The molecule has 0 atom stereocenters. The fourth-order valence-corrected chi connectivity index (χ4v) is 2.56. The van der Waals surface area contributed by atoms with Crippen molar-refractivity contribution in [3.8, 4) is 22.5 Å². The summed E-state index contributed by atoms with van der Waals surface area (Å²) in [6, 6.07) is 20.5. The van der Waals surface area contributed by atoms with Crippen LogP contribution in [0.4, 0.5) is 8.78 Å². The van der Waals surface area contributed by atoms with Gasteiger partial charge in [-0.25, -0.2) is 18.7 Å². The summed E-state index contributed by atoms with van der Waals surface area (Å²) in [7, 11) is 0. The van der Waals surface area contributed by atoms with Crippen LogP contribution in [0, 0.1) is 17.7 Å². The van der Waals surface area contributed by atoms with Crippen LogP contribution >= 0.6 is 0 Å². The van der Waals surface area contributed by atoms with Crippen LogP contribution in [-0.4, -0.2) is 9.97 Å². The van der Waals surface area contributed by atoms with Gasteiger partial charge in [0.05, 0.1) is 22.4 Å². The number of hydrogen-bond donors (Lipinski definition) is 0. The summed E-state index contributed by atoms with van der Waals surface area (Å²) in [5.74, 6) is -0.630. The van der Waals surface area contributed by atoms with Gasteiger partial charge < -0.3 is 0 Å². The normalized spacial score (nSPS) is 10.9. The summed E-state index contributed by atoms with van der Waals surface area (Å²) in [4.78, 5) is 9.34. The molecule has 0 saturated heterocycles. The molecule has 0 spiro atoms. The lowest BCUT2D eigenvalue weighted by atomic mass is 10.0. The number of hydrogen-bond acceptors (Lipinski definition) is 2. The van der Waals surface area contributed by atoms with Crippen molar-refractivity contribution in [1.29, 1.82) is 0 Å². The monoisotopic (exact) mass is 317 g/mol. The highest BCUT2D eigenvalue weighted by Gasteiger charge is 2.13. The first-order valence-corrected chi connectivity index (χ1v) is 7.40. The Hall–Kier alpha value is -3.14. The molecule has 0 aliphatic heterocycles. The molecular formula is C20H11F2N2. The number of benzene rings is 3. The first kappa shape index (κ1) is 14.5. The maximum atomic E-state index is 13.2. The van der Waals surface area contributed by atoms with E-state index in [1.54, 1.807) is 36.4 Å². The molecule has 4 rings (SSSR count). The predicted octanol–water partition coefficient (Wildman–Crippen LogP) is 5.04. The zero-order valence-corrected chi connectivity index (χ0v) is 12.5. The van der Waals surface area contributed by atoms with Crippen molar-refractivity contribution in [3.63, 3.8) is 0 Å². The van der Waals surface area contributed by atoms with Gasteiger partial charge in [0.1, 0.15) is 11.6 Å². The van der Waals surface area contributed by atoms with E-state index >= 15 is 0 Å². The van der Waals surface area contributed by atoms with Gasteiger partial charge in [-0.2, -0.15) is 0 Å². The third-order valence-electron chi connectivity index (χ3n) is 3.74. The molecule has 0 amide bonds. The first-order chi connectivity index (χ1) is 11.7. The summed E-state index contributed by atoms with van der Waals surface area (Å²) < 4.78 is 26.5. The molecule has 0 unspecified atom stereocenters. The van der Waals surface area contributed by atoms with Gasteiger partial charge in [-0.15, -0.1) is 0 Å². The number of nitrogens with zero attached hydrogens (tertiary/aromatic N) is 2. The van der Waals surface area contributed by atoms with Gasteiger partial charge in [0.15, 0.2) is 0 Å². The largest absolute Gasteiger partial charge is 0.244 e. The summed E-state index contributed by atoms with van der Waals surface area (Å²) in [6.45, 7) is 0. The Balaban J connectivity index is 2.00. The van der Waals surface area contributed by atoms with Gasteiger partial charge in [-0.3, -0.25) is 0 Å². The Bertz CT molecular complexity index is 926. The van der Waals surface area contributed by atoms with Crippen LogP contribution in [0.2, 0.25) is 0 Å². The maximum Gasteiger partial charge on any atom is 0.123 e. The zero-order valence-electron chi connectivity index (χ0n) is 12.5. The Morgan fingerprint density at radius 3 is 1.67 bits per heavy atom. The number of aromatic nitrogens is 2. The van der Waals surface area contributed by atoms with E-state index in [0.717, 1.165) is 16.6 Å². The molecule has 0 bridgehead atoms. The van der Waals surface area contributed by atoms with Crippen molar-refractivity contribution >= 4 is 11.0 Å². The van der Waals surface area contributed by atoms with Gasteiger partial charge in [0.25, 0.3) is 0 Å². The van der Waals surface area contributed by atoms with Crippen molar-refractivity contribution in [1.82, 2.24) is 9.97 Å². The molecule has 3 aromatic carbocycles. The Labute approximate surface area is 137 Å². The Kier molecular flexibility index (Phi) is 3.50. The van der Waals surface area contributed by atoms with E-state index in [4.69, 9.17) is 0 Å². The van der Waals surface area contributed by atoms with Crippen LogP contribution in [0.5, 0.6) is 0 Å². The summed E-state index contributed by atoms with van der Waals surface area (Å²) >= 11 is 0. The first-order valence-electron chi connectivity index (χ1n) is 7.40. The highest BCUT2D eigenvalue weighted by molar-refractivity contribution is 5.86. The molecule has 0 aliphatic rings. The molecule has 0 aliphatic carbocycles. The maximum absolute atomic E-state index is 13.2. The van der Waals surface area contributed by atoms with E-state index in [1.165, 1.54) is 24.3 Å². The van der Waals surface area contributed by atoms with E-state index in [9.17, 15) is 8.78 Å². The molecule has 1 radical (unpaired) electrons. The van der Waals surface area contributed by atoms with E-state index in [1.807, 2.05) is 6.07 Å². The molecule has 4 aromatic rings. The van der Waals surface area contributed by atoms with Gasteiger partial charge in [-0.05, 0) is 66.7 Å². The van der Waals surface area contributed by atoms with E-state index in [-0.39, 0.29) is 11.6 Å². The molecule has 115 valence electrons. The minimum absolute atomic E-state index is 0.314. The third-order valence-corrected chi connectivity index (χ3v) is 3.74. The highest BCUT2D eigenvalue weighted by Crippen LogP contribution is 2.31. The molecule has 0 fully saturated rings. The van der Waals surface area contributed by atoms with Gasteiger partial charge in [-0.1, -0.05) is 6.07 Å². The molecule has 24 heavy (non-hydrogen) atoms. The van der Waals surface area contributed by atoms with Gasteiger partial charge >= 0.3 is 0 Å². The third kappa shape index (κ3) is 2.63. The van der Waals surface area contributed by atoms with Crippen molar-refractivity contribution in [3.05, 3.63) is 84.4 Å². The predicted molar refractivity (Wildman–Crippen MR) is 89.2 cm³/mol. The molecule has 0 saturated carbocycles. The van der Waals surface area contributed by atoms with E-state index in [0.29, 0.717) is 16.9 Å². The fraction of sp³-hybridized carbons (Fsp3) is 0. The average molecular weight is 317 g/mol. The number of rotatable bonds is 2. The second-order valence-electron chi connectivity index (χ2n) is 5.35. The molecule has 4 heteroatoms. The summed E-state index contributed by atoms with van der Waals surface area (Å²) in [5.41, 5.74) is 4.16. The van der Waals surface area contributed by atoms with Crippen LogP contribution in [-0.2, 0) is 0 Å². The Morgan fingerprint density at radius 2 is 1.12 bits per heavy atom. The van der Waals surface area contributed by atoms with Crippen LogP contribution in [0.3, 0.4) is 0 Å². The average Bonchev–Trinajstić information content (AvgIpc) is 2.62. The van der Waals surface area contributed by atoms with Crippen molar-refractivity contribution < 1.29 is 8.78 Å². The lowest BCUT2D eigenvalue weighted by Crippen LogP contribution is -1.95. The number of fused-ring (bicyclic) bond motifs is 1. The van der Waals surface area contributed by atoms with Crippen LogP contribution in [0.25, 0.3) is 33.5 Å². The van der Waals surface area contributed by atoms with Crippen molar-refractivity contribution in [2.24, 2.45) is 0 Å². The summed E-state index contributed by atoms with van der Waals surface area (Å²) in [5, 5.41) is 0. The van der Waals surface area contributed by atoms with Crippen LogP contribution in [0.1, 0.15) is 0 Å². The van der Waals surface area contributed by atoms with E-state index in [2.05, 4.69) is 16.0 Å². The molecule has 1 aromatic heterocycles. The second-order valence-corrected chi connectivity index (χ2v) is 5.35. The van der Waals surface area contributed by atoms with Crippen LogP contribution < -0.4 is 0 Å². The smallest absolute Gasteiger partial charge is 0.123 e. The SMILES string of the molecule is Fc1ccc(-c2nc3c[c]ccc3nc2-c2ccc(F)cc2)cc1. The lowest BCUT2D eigenvalue weighted by Gasteiger charge is -2.10. The van der Waals surface area contributed by atoms with Gasteiger partial charge in [0.2, 0.25) is 0 Å². The lowest BCUT2D eigenvalue weighted by molar-refractivity contribution is 0.627. The minimum Gasteiger partial charge on any atom is -0.244 e. The highest BCUT2D eigenvalue weighted by atomic mass is 19.1. The molecule has 0 N–H and O–H groups in total. The quantitative estimate of drug-likeness (QED) is 0.517. The van der Waals surface area contributed by atoms with Crippen molar-refractivity contribution in [2.75, 3.05) is 0 Å². The minimum atomic E-state index is -0.316. The molecule has 1 heterocycles. The summed E-state index contributed by atoms with van der Waals surface area (Å²) in [6.07, 6.45) is 0. The van der Waals surface area contributed by atoms with Gasteiger partial charge in [0, 0.05) is 11.1 Å². The standard InChI is InChI=1S/C20H11F2N2/c21-15-9-5-13(6-10-15)19-20(14-7-11-16(22)12-8-14)24-18-4-2-1-3-17(18)23-19/h1,3-12H. The number of halogens is 2. The Morgan fingerprint density at radius 1 is 0.625 bits per heavy atom. The van der Waals surface area contributed by atoms with E-state index < -0.39 is 0 Å². The fourth-order valence-electron chi connectivity index (χ4n) is 2.56. The van der Waals surface area contributed by atoms with Crippen LogP contribution in [0.15, 0.2) is 66.7 Å². The molecular weight excluding hydrogens is 306 g/mol.